The first kappa shape index (κ1) is 31.7. The van der Waals surface area contributed by atoms with Crippen molar-refractivity contribution in [2.24, 2.45) is 5.92 Å². The molecule has 8 nitrogen and oxygen atoms in total. The molecule has 1 fully saturated rings. The van der Waals surface area contributed by atoms with E-state index in [0.29, 0.717) is 43.8 Å². The summed E-state index contributed by atoms with van der Waals surface area (Å²) in [5.41, 5.74) is 4.77. The number of anilines is 1. The normalized spacial score (nSPS) is 22.8. The van der Waals surface area contributed by atoms with Crippen LogP contribution in [0.4, 0.5) is 10.5 Å². The Morgan fingerprint density at radius 1 is 0.977 bits per heavy atom. The van der Waals surface area contributed by atoms with Gasteiger partial charge in [0.2, 0.25) is 5.91 Å². The molecule has 0 aliphatic carbocycles. The second kappa shape index (κ2) is 13.5. The van der Waals surface area contributed by atoms with Gasteiger partial charge in [0.05, 0.1) is 18.5 Å². The van der Waals surface area contributed by atoms with Crippen LogP contribution >= 0.6 is 10.0 Å². The van der Waals surface area contributed by atoms with Crippen LogP contribution in [0, 0.1) is 5.92 Å². The number of para-hydroxylation sites is 1. The fourth-order valence-electron chi connectivity index (χ4n) is 6.19. The van der Waals surface area contributed by atoms with E-state index in [2.05, 4.69) is 33.0 Å². The van der Waals surface area contributed by atoms with Gasteiger partial charge < -0.3 is 24.6 Å². The minimum absolute atomic E-state index is 0.0639. The fraction of sp³-hybridized carbons (Fsp3) is 0.429. The van der Waals surface area contributed by atoms with E-state index in [1.165, 1.54) is 0 Å². The second-order valence-corrected chi connectivity index (χ2v) is 15.4. The molecule has 0 radical (unpaired) electrons. The molecule has 1 amide bonds. The molecule has 1 saturated heterocycles. The minimum Gasteiger partial charge on any atom is -0.493 e. The Balaban J connectivity index is 1.51. The first-order valence-electron chi connectivity index (χ1n) is 15.4. The lowest BCUT2D eigenvalue weighted by Crippen LogP contribution is -2.34. The van der Waals surface area contributed by atoms with Gasteiger partial charge in [0.1, 0.15) is 19.0 Å². The number of aryl methyl sites for hydroxylation is 2. The van der Waals surface area contributed by atoms with Crippen molar-refractivity contribution < 1.29 is 28.9 Å². The molecule has 0 bridgehead atoms. The zero-order valence-electron chi connectivity index (χ0n) is 26.3. The van der Waals surface area contributed by atoms with E-state index in [1.54, 1.807) is 0 Å². The third-order valence-corrected chi connectivity index (χ3v) is 12.3. The molecule has 2 aliphatic heterocycles. The number of nitrogens with zero attached hydrogens (tertiary/aromatic N) is 1. The van der Waals surface area contributed by atoms with Crippen LogP contribution in [0.1, 0.15) is 60.6 Å². The summed E-state index contributed by atoms with van der Waals surface area (Å²) in [5.74, 6) is 2.26. The summed E-state index contributed by atoms with van der Waals surface area (Å²) >= 11 is 0. The second-order valence-electron chi connectivity index (χ2n) is 12.0. The summed E-state index contributed by atoms with van der Waals surface area (Å²) in [7, 11) is -2.44. The van der Waals surface area contributed by atoms with Gasteiger partial charge in [-0.1, -0.05) is 64.1 Å². The number of carbonyl (C=O) groups excluding carboxylic acids is 1. The van der Waals surface area contributed by atoms with Gasteiger partial charge in [-0.3, -0.25) is 9.69 Å². The van der Waals surface area contributed by atoms with Gasteiger partial charge in [-0.2, -0.15) is 0 Å². The van der Waals surface area contributed by atoms with Crippen LogP contribution in [0.3, 0.4) is 0 Å². The maximum atomic E-state index is 13.8. The molecule has 44 heavy (non-hydrogen) atoms. The average Bonchev–Trinajstić information content (AvgIpc) is 3.32. The molecular weight excluding hydrogens is 576 g/mol. The van der Waals surface area contributed by atoms with Crippen molar-refractivity contribution >= 4 is 26.9 Å². The maximum Gasteiger partial charge on any atom is 0.349 e. The minimum atomic E-state index is -2.44. The number of fused-ring (bicyclic) bond motifs is 1. The van der Waals surface area contributed by atoms with E-state index in [1.807, 2.05) is 71.8 Å². The lowest BCUT2D eigenvalue weighted by Gasteiger charge is -2.39. The molecule has 3 atom stereocenters. The molecule has 236 valence electrons. The summed E-state index contributed by atoms with van der Waals surface area (Å²) in [6.07, 6.45) is 3.48. The molecular formula is C35H44N2O6S. The van der Waals surface area contributed by atoms with Crippen LogP contribution in [0.2, 0.25) is 0 Å². The van der Waals surface area contributed by atoms with Crippen molar-refractivity contribution in [2.45, 2.75) is 51.2 Å². The lowest BCUT2D eigenvalue weighted by atomic mass is 10.0. The SMILES string of the molecule is CCc1cccc(CC)c1NC(=O)CN1CC(c2ccc3c(c2)OCCO3)S(C)(C(=O)O)C1c1ccc(OCC(C)C)cc1. The summed E-state index contributed by atoms with van der Waals surface area (Å²) in [6.45, 7) is 10.4. The number of nitrogens with one attached hydrogen (secondary N) is 1. The quantitative estimate of drug-likeness (QED) is 0.243. The van der Waals surface area contributed by atoms with Crippen LogP contribution in [0.5, 0.6) is 17.2 Å². The number of carbonyl (C=O) groups is 2. The van der Waals surface area contributed by atoms with Gasteiger partial charge >= 0.3 is 5.30 Å². The average molecular weight is 621 g/mol. The van der Waals surface area contributed by atoms with Crippen LogP contribution in [0.25, 0.3) is 0 Å². The van der Waals surface area contributed by atoms with Crippen LogP contribution in [-0.4, -0.2) is 60.4 Å². The topological polar surface area (TPSA) is 97.3 Å². The number of benzene rings is 3. The zero-order valence-corrected chi connectivity index (χ0v) is 27.1. The number of ether oxygens (including phenoxy) is 3. The highest BCUT2D eigenvalue weighted by atomic mass is 32.3. The molecule has 3 aromatic carbocycles. The van der Waals surface area contributed by atoms with Gasteiger partial charge in [0.15, 0.2) is 11.5 Å². The largest absolute Gasteiger partial charge is 0.493 e. The predicted octanol–water partition coefficient (Wildman–Crippen LogP) is 7.42. The monoisotopic (exact) mass is 620 g/mol. The number of amides is 1. The smallest absolute Gasteiger partial charge is 0.349 e. The van der Waals surface area contributed by atoms with Crippen LogP contribution in [0.15, 0.2) is 60.7 Å². The van der Waals surface area contributed by atoms with Crippen LogP contribution in [-0.2, 0) is 17.6 Å². The van der Waals surface area contributed by atoms with Gasteiger partial charge in [0, 0.05) is 17.5 Å². The van der Waals surface area contributed by atoms with Gasteiger partial charge in [-0.15, -0.1) is 10.0 Å². The highest BCUT2D eigenvalue weighted by Gasteiger charge is 2.53. The lowest BCUT2D eigenvalue weighted by molar-refractivity contribution is -0.117. The number of carboxylic acid groups (broad SMARTS) is 1. The standard InChI is InChI=1S/C35H44N2O6S/c1-6-24-9-8-10-25(7-2)33(24)36-32(38)21-37-20-31(27-13-16-29-30(19-27)42-18-17-41-29)44(5,35(39)40)34(37)26-11-14-28(15-12-26)43-22-23(3)4/h8-16,19,23,31,34H,6-7,17-18,20-22H2,1-5H3,(H,36,38)(H,39,40). The molecule has 9 heteroatoms. The summed E-state index contributed by atoms with van der Waals surface area (Å²) < 4.78 is 17.5. The van der Waals surface area contributed by atoms with Crippen molar-refractivity contribution in [2.75, 3.05) is 44.5 Å². The van der Waals surface area contributed by atoms with Crippen molar-refractivity contribution in [3.05, 3.63) is 82.9 Å². The summed E-state index contributed by atoms with van der Waals surface area (Å²) in [6, 6.07) is 19.5. The highest BCUT2D eigenvalue weighted by Crippen LogP contribution is 2.73. The Labute approximate surface area is 262 Å². The van der Waals surface area contributed by atoms with Crippen molar-refractivity contribution in [1.82, 2.24) is 4.90 Å². The number of hydrogen-bond acceptors (Lipinski definition) is 6. The Hall–Kier alpha value is -3.69. The molecule has 2 N–H and O–H groups in total. The summed E-state index contributed by atoms with van der Waals surface area (Å²) in [4.78, 5) is 29.1. The van der Waals surface area contributed by atoms with Crippen molar-refractivity contribution in [1.29, 1.82) is 0 Å². The van der Waals surface area contributed by atoms with E-state index >= 15 is 0 Å². The Bertz CT molecular complexity index is 1470. The molecule has 3 aromatic rings. The van der Waals surface area contributed by atoms with Gasteiger partial charge in [-0.05, 0) is 71.5 Å². The van der Waals surface area contributed by atoms with Gasteiger partial charge in [0.25, 0.3) is 0 Å². The molecule has 2 heterocycles. The molecule has 2 aliphatic rings. The number of hydrogen-bond donors (Lipinski definition) is 2. The molecule has 0 spiro atoms. The van der Waals surface area contributed by atoms with E-state index in [9.17, 15) is 14.7 Å². The fourth-order valence-corrected chi connectivity index (χ4v) is 9.65. The van der Waals surface area contributed by atoms with E-state index in [0.717, 1.165) is 46.5 Å². The third-order valence-electron chi connectivity index (χ3n) is 8.46. The summed E-state index contributed by atoms with van der Waals surface area (Å²) in [5, 5.41) is 12.5. The van der Waals surface area contributed by atoms with E-state index < -0.39 is 20.7 Å². The Morgan fingerprint density at radius 2 is 1.61 bits per heavy atom. The first-order chi connectivity index (χ1) is 21.1. The number of rotatable bonds is 10. The van der Waals surface area contributed by atoms with Gasteiger partial charge in [-0.25, -0.2) is 4.79 Å². The molecule has 3 unspecified atom stereocenters. The molecule has 0 saturated carbocycles. The zero-order chi connectivity index (χ0) is 31.4. The van der Waals surface area contributed by atoms with Crippen molar-refractivity contribution in [3.63, 3.8) is 0 Å². The van der Waals surface area contributed by atoms with E-state index in [4.69, 9.17) is 14.2 Å². The maximum absolute atomic E-state index is 13.8. The Kier molecular flexibility index (Phi) is 9.75. The Morgan fingerprint density at radius 3 is 2.23 bits per heavy atom. The van der Waals surface area contributed by atoms with Crippen LogP contribution < -0.4 is 19.5 Å². The third kappa shape index (κ3) is 6.40. The first-order valence-corrected chi connectivity index (χ1v) is 17.6. The molecule has 5 rings (SSSR count). The van der Waals surface area contributed by atoms with Crippen molar-refractivity contribution in [3.8, 4) is 17.2 Å². The predicted molar refractivity (Wildman–Crippen MR) is 177 cm³/mol. The highest BCUT2D eigenvalue weighted by molar-refractivity contribution is 8.44. The molecule has 0 aromatic heterocycles. The van der Waals surface area contributed by atoms with E-state index in [-0.39, 0.29) is 17.7 Å².